The molecule has 0 saturated carbocycles. The van der Waals surface area contributed by atoms with Crippen LogP contribution in [0, 0.1) is 0 Å². The van der Waals surface area contributed by atoms with Gasteiger partial charge in [0.25, 0.3) is 0 Å². The van der Waals surface area contributed by atoms with Crippen LogP contribution in [0.4, 0.5) is 4.79 Å². The Labute approximate surface area is 118 Å². The molecule has 1 aliphatic rings. The second-order valence-electron chi connectivity index (χ2n) is 5.99. The molecule has 1 fully saturated rings. The number of rotatable bonds is 3. The van der Waals surface area contributed by atoms with Gasteiger partial charge in [-0.2, -0.15) is 0 Å². The third-order valence-corrected chi connectivity index (χ3v) is 4.04. The van der Waals surface area contributed by atoms with Crippen molar-refractivity contribution in [3.63, 3.8) is 0 Å². The fourth-order valence-electron chi connectivity index (χ4n) is 2.03. The number of ether oxygens (including phenoxy) is 1. The van der Waals surface area contributed by atoms with Gasteiger partial charge in [0.15, 0.2) is 0 Å². The predicted octanol–water partition coefficient (Wildman–Crippen LogP) is 3.02. The Kier molecular flexibility index (Phi) is 4.16. The van der Waals surface area contributed by atoms with Crippen molar-refractivity contribution in [3.8, 4) is 0 Å². The fraction of sp³-hybridized carbons (Fsp3) is 0.643. The number of carbonyl (C=O) groups is 1. The molecule has 5 heteroatoms. The summed E-state index contributed by atoms with van der Waals surface area (Å²) in [6, 6.07) is 4.90. The molecule has 0 spiro atoms. The number of nitrogens with one attached hydrogen (secondary N) is 1. The number of carbonyl (C=O) groups excluding carboxylic acids is 1. The molecule has 1 aliphatic heterocycles. The minimum atomic E-state index is -0.417. The Morgan fingerprint density at radius 2 is 2.21 bits per heavy atom. The van der Waals surface area contributed by atoms with Gasteiger partial charge in [0.05, 0.1) is 0 Å². The number of hydrogen-bond donors (Lipinski definition) is 1. The highest BCUT2D eigenvalue weighted by atomic mass is 32.1. The van der Waals surface area contributed by atoms with Crippen LogP contribution < -0.4 is 5.32 Å². The van der Waals surface area contributed by atoms with E-state index in [9.17, 15) is 4.79 Å². The van der Waals surface area contributed by atoms with Crippen LogP contribution in [-0.4, -0.2) is 35.7 Å². The van der Waals surface area contributed by atoms with Crippen LogP contribution in [0.2, 0.25) is 0 Å². The van der Waals surface area contributed by atoms with Gasteiger partial charge in [-0.1, -0.05) is 6.07 Å². The molecule has 1 aromatic rings. The van der Waals surface area contributed by atoms with Gasteiger partial charge in [0, 0.05) is 30.1 Å². The molecule has 1 amide bonds. The summed E-state index contributed by atoms with van der Waals surface area (Å²) >= 11 is 1.75. The van der Waals surface area contributed by atoms with Gasteiger partial charge in [-0.25, -0.2) is 4.79 Å². The number of amides is 1. The summed E-state index contributed by atoms with van der Waals surface area (Å²) < 4.78 is 5.33. The highest BCUT2D eigenvalue weighted by molar-refractivity contribution is 7.10. The smallest absolute Gasteiger partial charge is 0.410 e. The molecule has 0 unspecified atom stereocenters. The van der Waals surface area contributed by atoms with Gasteiger partial charge < -0.3 is 15.0 Å². The zero-order valence-electron chi connectivity index (χ0n) is 12.0. The maximum absolute atomic E-state index is 11.8. The topological polar surface area (TPSA) is 41.6 Å². The van der Waals surface area contributed by atoms with Crippen molar-refractivity contribution in [1.29, 1.82) is 0 Å². The third kappa shape index (κ3) is 3.94. The Morgan fingerprint density at radius 1 is 1.53 bits per heavy atom. The van der Waals surface area contributed by atoms with E-state index in [-0.39, 0.29) is 6.09 Å². The van der Waals surface area contributed by atoms with E-state index in [0.717, 1.165) is 13.1 Å². The molecular formula is C14H22N2O2S. The lowest BCUT2D eigenvalue weighted by Crippen LogP contribution is -2.60. The maximum atomic E-state index is 11.8. The van der Waals surface area contributed by atoms with Crippen LogP contribution in [0.3, 0.4) is 0 Å². The van der Waals surface area contributed by atoms with Crippen molar-refractivity contribution >= 4 is 17.4 Å². The molecular weight excluding hydrogens is 260 g/mol. The summed E-state index contributed by atoms with van der Waals surface area (Å²) in [5, 5.41) is 5.61. The Hall–Kier alpha value is -1.07. The van der Waals surface area contributed by atoms with E-state index >= 15 is 0 Å². The normalized spacial score (nSPS) is 18.0. The van der Waals surface area contributed by atoms with Crippen LogP contribution in [0.15, 0.2) is 17.5 Å². The highest BCUT2D eigenvalue weighted by Crippen LogP contribution is 2.21. The first-order valence-corrected chi connectivity index (χ1v) is 7.50. The van der Waals surface area contributed by atoms with Crippen molar-refractivity contribution in [1.82, 2.24) is 10.2 Å². The van der Waals surface area contributed by atoms with E-state index in [1.54, 1.807) is 16.2 Å². The van der Waals surface area contributed by atoms with E-state index in [2.05, 4.69) is 29.8 Å². The molecule has 0 radical (unpaired) electrons. The van der Waals surface area contributed by atoms with E-state index in [4.69, 9.17) is 4.74 Å². The molecule has 19 heavy (non-hydrogen) atoms. The quantitative estimate of drug-likeness (QED) is 0.926. The lowest BCUT2D eigenvalue weighted by Gasteiger charge is -2.41. The summed E-state index contributed by atoms with van der Waals surface area (Å²) in [5.41, 5.74) is -0.417. The van der Waals surface area contributed by atoms with Gasteiger partial charge in [0.1, 0.15) is 5.60 Å². The van der Waals surface area contributed by atoms with Gasteiger partial charge >= 0.3 is 6.09 Å². The van der Waals surface area contributed by atoms with Crippen LogP contribution in [-0.2, 0) is 4.74 Å². The van der Waals surface area contributed by atoms with Crippen molar-refractivity contribution in [2.75, 3.05) is 13.1 Å². The summed E-state index contributed by atoms with van der Waals surface area (Å²) in [6.07, 6.45) is -0.214. The number of nitrogens with zero attached hydrogens (tertiary/aromatic N) is 1. The van der Waals surface area contributed by atoms with Crippen LogP contribution in [0.5, 0.6) is 0 Å². The van der Waals surface area contributed by atoms with Crippen LogP contribution >= 0.6 is 11.3 Å². The molecule has 4 nitrogen and oxygen atoms in total. The van der Waals surface area contributed by atoms with Crippen LogP contribution in [0.25, 0.3) is 0 Å². The van der Waals surface area contributed by atoms with Gasteiger partial charge in [0.2, 0.25) is 0 Å². The standard InChI is InChI=1S/C14H22N2O2S/c1-10(12-6-5-7-19-12)15-11-8-16(9-11)13(17)18-14(2,3)4/h5-7,10-11,15H,8-9H2,1-4H3/t10-/m1/s1. The molecule has 106 valence electrons. The number of likely N-dealkylation sites (tertiary alicyclic amines) is 1. The summed E-state index contributed by atoms with van der Waals surface area (Å²) in [4.78, 5) is 14.8. The van der Waals surface area contributed by atoms with Crippen molar-refractivity contribution in [2.24, 2.45) is 0 Å². The van der Waals surface area contributed by atoms with E-state index in [1.807, 2.05) is 20.8 Å². The zero-order chi connectivity index (χ0) is 14.0. The first-order valence-electron chi connectivity index (χ1n) is 6.62. The molecule has 2 rings (SSSR count). The minimum Gasteiger partial charge on any atom is -0.444 e. The second kappa shape index (κ2) is 5.51. The SMILES string of the molecule is C[C@@H](NC1CN(C(=O)OC(C)(C)C)C1)c1cccs1. The molecule has 1 aromatic heterocycles. The Morgan fingerprint density at radius 3 is 2.74 bits per heavy atom. The highest BCUT2D eigenvalue weighted by Gasteiger charge is 2.34. The third-order valence-electron chi connectivity index (χ3n) is 2.99. The first kappa shape index (κ1) is 14.3. The lowest BCUT2D eigenvalue weighted by atomic mass is 10.1. The van der Waals surface area contributed by atoms with E-state index in [1.165, 1.54) is 4.88 Å². The predicted molar refractivity (Wildman–Crippen MR) is 77.5 cm³/mol. The maximum Gasteiger partial charge on any atom is 0.410 e. The fourth-order valence-corrected chi connectivity index (χ4v) is 2.78. The molecule has 2 heterocycles. The lowest BCUT2D eigenvalue weighted by molar-refractivity contribution is 0.00437. The molecule has 0 aliphatic carbocycles. The first-order chi connectivity index (χ1) is 8.85. The average molecular weight is 282 g/mol. The average Bonchev–Trinajstić information content (AvgIpc) is 2.72. The van der Waals surface area contributed by atoms with Gasteiger partial charge in [-0.3, -0.25) is 0 Å². The second-order valence-corrected chi connectivity index (χ2v) is 6.97. The largest absolute Gasteiger partial charge is 0.444 e. The van der Waals surface area contributed by atoms with E-state index in [0.29, 0.717) is 12.1 Å². The molecule has 1 saturated heterocycles. The summed E-state index contributed by atoms with van der Waals surface area (Å²) in [7, 11) is 0. The molecule has 0 bridgehead atoms. The summed E-state index contributed by atoms with van der Waals surface area (Å²) in [5.74, 6) is 0. The Bertz CT molecular complexity index is 419. The molecule has 0 aromatic carbocycles. The van der Waals surface area contributed by atoms with Crippen molar-refractivity contribution < 1.29 is 9.53 Å². The number of thiophene rings is 1. The summed E-state index contributed by atoms with van der Waals surface area (Å²) in [6.45, 7) is 9.27. The Balaban J connectivity index is 1.73. The minimum absolute atomic E-state index is 0.214. The van der Waals surface area contributed by atoms with Crippen molar-refractivity contribution in [3.05, 3.63) is 22.4 Å². The zero-order valence-corrected chi connectivity index (χ0v) is 12.8. The molecule has 1 N–H and O–H groups in total. The van der Waals surface area contributed by atoms with Crippen LogP contribution in [0.1, 0.15) is 38.6 Å². The molecule has 1 atom stereocenters. The number of hydrogen-bond acceptors (Lipinski definition) is 4. The monoisotopic (exact) mass is 282 g/mol. The van der Waals surface area contributed by atoms with E-state index < -0.39 is 5.60 Å². The van der Waals surface area contributed by atoms with Gasteiger partial charge in [-0.15, -0.1) is 11.3 Å². The van der Waals surface area contributed by atoms with Gasteiger partial charge in [-0.05, 0) is 39.1 Å². The van der Waals surface area contributed by atoms with Crippen molar-refractivity contribution in [2.45, 2.75) is 45.4 Å².